The molecule has 0 radical (unpaired) electrons. The van der Waals surface area contributed by atoms with E-state index in [0.29, 0.717) is 0 Å². The Morgan fingerprint density at radius 3 is 2.63 bits per heavy atom. The van der Waals surface area contributed by atoms with Gasteiger partial charge in [0.1, 0.15) is 12.4 Å². The molecule has 2 N–H and O–H groups in total. The second kappa shape index (κ2) is 7.07. The van der Waals surface area contributed by atoms with Crippen molar-refractivity contribution in [3.05, 3.63) is 74.5 Å². The van der Waals surface area contributed by atoms with E-state index in [2.05, 4.69) is 5.43 Å². The molecule has 2 aromatic carbocycles. The van der Waals surface area contributed by atoms with Gasteiger partial charge in [0.25, 0.3) is 17.5 Å². The quantitative estimate of drug-likeness (QED) is 0.518. The van der Waals surface area contributed by atoms with Gasteiger partial charge in [-0.1, -0.05) is 12.1 Å². The maximum atomic E-state index is 13.5. The second-order valence-electron chi connectivity index (χ2n) is 5.35. The fourth-order valence-corrected chi connectivity index (χ4v) is 2.34. The Hall–Kier alpha value is -4.02. The van der Waals surface area contributed by atoms with Gasteiger partial charge in [-0.15, -0.1) is 0 Å². The summed E-state index contributed by atoms with van der Waals surface area (Å²) in [5.41, 5.74) is 3.65. The zero-order valence-corrected chi connectivity index (χ0v) is 13.5. The fraction of sp³-hybridized carbons (Fsp3) is 0.0625. The molecule has 0 unspecified atom stereocenters. The maximum Gasteiger partial charge on any atom is 0.420 e. The van der Waals surface area contributed by atoms with E-state index in [1.165, 1.54) is 24.3 Å². The predicted molar refractivity (Wildman–Crippen MR) is 89.1 cm³/mol. The number of halogens is 1. The maximum absolute atomic E-state index is 13.5. The third-order valence-corrected chi connectivity index (χ3v) is 3.60. The number of non-ortho nitro benzene ring substituents is 1. The number of aromatic nitrogens is 1. The van der Waals surface area contributed by atoms with Crippen molar-refractivity contribution >= 4 is 28.6 Å². The van der Waals surface area contributed by atoms with E-state index in [0.717, 1.165) is 22.8 Å². The molecule has 0 aliphatic rings. The number of hydrogen-bond donors (Lipinski definition) is 2. The number of oxazole rings is 1. The van der Waals surface area contributed by atoms with Gasteiger partial charge in [-0.25, -0.2) is 9.18 Å². The summed E-state index contributed by atoms with van der Waals surface area (Å²) in [7, 11) is 0. The highest BCUT2D eigenvalue weighted by molar-refractivity contribution is 5.95. The minimum Gasteiger partial charge on any atom is -0.407 e. The molecule has 0 spiro atoms. The van der Waals surface area contributed by atoms with E-state index in [-0.39, 0.29) is 22.4 Å². The summed E-state index contributed by atoms with van der Waals surface area (Å²) in [6.45, 7) is -0.527. The molecule has 0 saturated carbocycles. The van der Waals surface area contributed by atoms with E-state index in [9.17, 15) is 28.9 Å². The number of carbonyl (C=O) groups is 2. The monoisotopic (exact) mass is 374 g/mol. The lowest BCUT2D eigenvalue weighted by molar-refractivity contribution is -0.384. The smallest absolute Gasteiger partial charge is 0.407 e. The Morgan fingerprint density at radius 2 is 1.93 bits per heavy atom. The summed E-state index contributed by atoms with van der Waals surface area (Å²) >= 11 is 0. The van der Waals surface area contributed by atoms with Crippen LogP contribution in [0.2, 0.25) is 0 Å². The van der Waals surface area contributed by atoms with Crippen LogP contribution in [0.1, 0.15) is 10.4 Å². The molecule has 3 aromatic rings. The number of nitro benzene ring substituents is 1. The molecule has 0 fully saturated rings. The van der Waals surface area contributed by atoms with Gasteiger partial charge in [0, 0.05) is 6.07 Å². The Balaban J connectivity index is 1.72. The number of nitro groups is 1. The van der Waals surface area contributed by atoms with Crippen molar-refractivity contribution in [2.24, 2.45) is 0 Å². The number of carbonyl (C=O) groups excluding carboxylic acids is 2. The number of fused-ring (bicyclic) bond motifs is 1. The van der Waals surface area contributed by atoms with Crippen LogP contribution < -0.4 is 16.6 Å². The van der Waals surface area contributed by atoms with Gasteiger partial charge in [0.05, 0.1) is 22.1 Å². The normalized spacial score (nSPS) is 10.6. The van der Waals surface area contributed by atoms with Crippen LogP contribution in [-0.2, 0) is 11.3 Å². The first kappa shape index (κ1) is 17.8. The summed E-state index contributed by atoms with van der Waals surface area (Å²) in [5.74, 6) is -3.33. The van der Waals surface area contributed by atoms with Crippen LogP contribution in [0.4, 0.5) is 10.1 Å². The first-order chi connectivity index (χ1) is 12.9. The second-order valence-corrected chi connectivity index (χ2v) is 5.35. The van der Waals surface area contributed by atoms with Crippen LogP contribution in [-0.4, -0.2) is 21.3 Å². The Bertz CT molecular complexity index is 1120. The molecule has 138 valence electrons. The average Bonchev–Trinajstić information content (AvgIpc) is 2.94. The van der Waals surface area contributed by atoms with Gasteiger partial charge < -0.3 is 4.42 Å². The Kier molecular flexibility index (Phi) is 4.66. The van der Waals surface area contributed by atoms with Crippen molar-refractivity contribution in [2.45, 2.75) is 6.54 Å². The van der Waals surface area contributed by atoms with Crippen molar-refractivity contribution < 1.29 is 23.3 Å². The van der Waals surface area contributed by atoms with Crippen molar-refractivity contribution in [1.29, 1.82) is 0 Å². The third kappa shape index (κ3) is 3.66. The van der Waals surface area contributed by atoms with Gasteiger partial charge in [-0.2, -0.15) is 0 Å². The molecule has 3 rings (SSSR count). The van der Waals surface area contributed by atoms with Crippen molar-refractivity contribution in [1.82, 2.24) is 15.4 Å². The molecule has 1 heterocycles. The standard InChI is InChI=1S/C16H11FN4O6/c17-11-4-2-1-3-10(11)15(23)19-18-14(22)8-20-12-6-5-9(21(25)26)7-13(12)27-16(20)24/h1-7H,8H2,(H,18,22)(H,19,23). The van der Waals surface area contributed by atoms with Crippen LogP contribution in [0.3, 0.4) is 0 Å². The molecule has 0 aliphatic heterocycles. The third-order valence-electron chi connectivity index (χ3n) is 3.60. The highest BCUT2D eigenvalue weighted by atomic mass is 19.1. The largest absolute Gasteiger partial charge is 0.420 e. The van der Waals surface area contributed by atoms with Crippen LogP contribution in [0.25, 0.3) is 11.1 Å². The number of hydrazine groups is 1. The Labute approximate surface area is 149 Å². The highest BCUT2D eigenvalue weighted by Gasteiger charge is 2.17. The summed E-state index contributed by atoms with van der Waals surface area (Å²) in [6.07, 6.45) is 0. The molecular formula is C16H11FN4O6. The minimum atomic E-state index is -0.902. The minimum absolute atomic E-state index is 0.0580. The van der Waals surface area contributed by atoms with Crippen LogP contribution in [0.15, 0.2) is 51.7 Å². The lowest BCUT2D eigenvalue weighted by Crippen LogP contribution is -2.44. The zero-order valence-electron chi connectivity index (χ0n) is 13.5. The molecule has 0 saturated heterocycles. The van der Waals surface area contributed by atoms with Gasteiger partial charge in [-0.05, 0) is 18.2 Å². The summed E-state index contributed by atoms with van der Waals surface area (Å²) in [5, 5.41) is 10.8. The lowest BCUT2D eigenvalue weighted by atomic mass is 10.2. The fourth-order valence-electron chi connectivity index (χ4n) is 2.34. The van der Waals surface area contributed by atoms with E-state index in [1.54, 1.807) is 0 Å². The molecular weight excluding hydrogens is 363 g/mol. The van der Waals surface area contributed by atoms with Crippen molar-refractivity contribution in [3.63, 3.8) is 0 Å². The predicted octanol–water partition coefficient (Wildman–Crippen LogP) is 1.10. The van der Waals surface area contributed by atoms with Crippen LogP contribution >= 0.6 is 0 Å². The number of benzene rings is 2. The van der Waals surface area contributed by atoms with E-state index >= 15 is 0 Å². The highest BCUT2D eigenvalue weighted by Crippen LogP contribution is 2.19. The number of nitrogens with zero attached hydrogens (tertiary/aromatic N) is 2. The van der Waals surface area contributed by atoms with E-state index in [4.69, 9.17) is 4.42 Å². The molecule has 10 nitrogen and oxygen atoms in total. The summed E-state index contributed by atoms with van der Waals surface area (Å²) < 4.78 is 19.3. The zero-order chi connectivity index (χ0) is 19.6. The van der Waals surface area contributed by atoms with Gasteiger partial charge >= 0.3 is 5.76 Å². The number of amides is 2. The molecule has 2 amide bonds. The molecule has 0 aliphatic carbocycles. The van der Waals surface area contributed by atoms with E-state index < -0.39 is 34.9 Å². The average molecular weight is 374 g/mol. The SMILES string of the molecule is O=C(Cn1c(=O)oc2cc([N+](=O)[O-])ccc21)NNC(=O)c1ccccc1F. The van der Waals surface area contributed by atoms with Crippen molar-refractivity contribution in [2.75, 3.05) is 0 Å². The first-order valence-corrected chi connectivity index (χ1v) is 7.48. The summed E-state index contributed by atoms with van der Waals surface area (Å²) in [4.78, 5) is 45.8. The van der Waals surface area contributed by atoms with Gasteiger partial charge in [-0.3, -0.25) is 35.1 Å². The molecule has 0 atom stereocenters. The lowest BCUT2D eigenvalue weighted by Gasteiger charge is -2.08. The summed E-state index contributed by atoms with van der Waals surface area (Å²) in [6, 6.07) is 8.67. The van der Waals surface area contributed by atoms with Gasteiger partial charge in [0.2, 0.25) is 0 Å². The topological polar surface area (TPSA) is 136 Å². The molecule has 11 heteroatoms. The first-order valence-electron chi connectivity index (χ1n) is 7.48. The van der Waals surface area contributed by atoms with Gasteiger partial charge in [0.15, 0.2) is 5.58 Å². The van der Waals surface area contributed by atoms with Crippen molar-refractivity contribution in [3.8, 4) is 0 Å². The van der Waals surface area contributed by atoms with Crippen LogP contribution in [0.5, 0.6) is 0 Å². The van der Waals surface area contributed by atoms with E-state index in [1.807, 2.05) is 5.43 Å². The Morgan fingerprint density at radius 1 is 1.19 bits per heavy atom. The number of hydrogen-bond acceptors (Lipinski definition) is 6. The number of nitrogens with one attached hydrogen (secondary N) is 2. The number of rotatable bonds is 4. The molecule has 27 heavy (non-hydrogen) atoms. The molecule has 0 bridgehead atoms. The van der Waals surface area contributed by atoms with Crippen LogP contribution in [0, 0.1) is 15.9 Å². The molecule has 1 aromatic heterocycles.